The lowest BCUT2D eigenvalue weighted by molar-refractivity contribution is 0.0398. The molecule has 0 unspecified atom stereocenters. The molecule has 0 saturated carbocycles. The Labute approximate surface area is 172 Å². The molecule has 3 heterocycles. The van der Waals surface area contributed by atoms with Gasteiger partial charge in [-0.15, -0.1) is 0 Å². The van der Waals surface area contributed by atoms with E-state index in [-0.39, 0.29) is 0 Å². The van der Waals surface area contributed by atoms with E-state index in [4.69, 9.17) is 9.47 Å². The second-order valence-corrected chi connectivity index (χ2v) is 7.34. The van der Waals surface area contributed by atoms with Crippen LogP contribution in [0.5, 0.6) is 0 Å². The summed E-state index contributed by atoms with van der Waals surface area (Å²) in [6, 6.07) is 10.3. The first kappa shape index (κ1) is 19.9. The standard InChI is InChI=1S/C21H30N6O2/c1-17-16-20(22-6-7-26-8-12-28-13-9-26)25-21(23-17)24-18-4-2-3-5-19(18)27-10-14-29-15-11-27/h2-5,16H,6-15H2,1H3,(H2,22,23,24,25). The zero-order chi connectivity index (χ0) is 19.9. The van der Waals surface area contributed by atoms with Crippen LogP contribution in [-0.4, -0.2) is 80.6 Å². The van der Waals surface area contributed by atoms with Crippen LogP contribution in [0, 0.1) is 6.92 Å². The van der Waals surface area contributed by atoms with Crippen LogP contribution in [0.25, 0.3) is 0 Å². The first-order valence-corrected chi connectivity index (χ1v) is 10.4. The first-order chi connectivity index (χ1) is 14.3. The molecule has 2 N–H and O–H groups in total. The van der Waals surface area contributed by atoms with Gasteiger partial charge in [0.15, 0.2) is 0 Å². The van der Waals surface area contributed by atoms with Crippen molar-refractivity contribution in [2.45, 2.75) is 6.92 Å². The molecule has 0 atom stereocenters. The highest BCUT2D eigenvalue weighted by molar-refractivity contribution is 5.73. The molecule has 29 heavy (non-hydrogen) atoms. The van der Waals surface area contributed by atoms with Gasteiger partial charge >= 0.3 is 0 Å². The zero-order valence-corrected chi connectivity index (χ0v) is 17.1. The van der Waals surface area contributed by atoms with Gasteiger partial charge in [0.2, 0.25) is 5.95 Å². The normalized spacial score (nSPS) is 17.9. The third kappa shape index (κ3) is 5.56. The average molecular weight is 399 g/mol. The van der Waals surface area contributed by atoms with Crippen LogP contribution in [-0.2, 0) is 9.47 Å². The Balaban J connectivity index is 1.41. The summed E-state index contributed by atoms with van der Waals surface area (Å²) in [7, 11) is 0. The molecule has 2 aliphatic heterocycles. The summed E-state index contributed by atoms with van der Waals surface area (Å²) in [5.41, 5.74) is 3.10. The van der Waals surface area contributed by atoms with E-state index < -0.39 is 0 Å². The number of ether oxygens (including phenoxy) is 2. The number of aromatic nitrogens is 2. The van der Waals surface area contributed by atoms with Gasteiger partial charge in [0.25, 0.3) is 0 Å². The minimum absolute atomic E-state index is 0.611. The van der Waals surface area contributed by atoms with Gasteiger partial charge in [-0.1, -0.05) is 12.1 Å². The van der Waals surface area contributed by atoms with Crippen molar-refractivity contribution in [3.05, 3.63) is 36.0 Å². The van der Waals surface area contributed by atoms with E-state index in [0.29, 0.717) is 5.95 Å². The van der Waals surface area contributed by atoms with Crippen molar-refractivity contribution in [1.82, 2.24) is 14.9 Å². The molecule has 8 heteroatoms. The van der Waals surface area contributed by atoms with Gasteiger partial charge in [-0.25, -0.2) is 4.98 Å². The van der Waals surface area contributed by atoms with Crippen LogP contribution < -0.4 is 15.5 Å². The van der Waals surface area contributed by atoms with Gasteiger partial charge in [0.1, 0.15) is 5.82 Å². The number of hydrogen-bond donors (Lipinski definition) is 2. The van der Waals surface area contributed by atoms with Gasteiger partial charge in [-0.05, 0) is 19.1 Å². The van der Waals surface area contributed by atoms with E-state index >= 15 is 0 Å². The summed E-state index contributed by atoms with van der Waals surface area (Å²) in [6.45, 7) is 10.8. The Morgan fingerprint density at radius 1 is 0.966 bits per heavy atom. The van der Waals surface area contributed by atoms with Crippen molar-refractivity contribution in [2.24, 2.45) is 0 Å². The molecule has 0 aliphatic carbocycles. The summed E-state index contributed by atoms with van der Waals surface area (Å²) in [5.74, 6) is 1.46. The monoisotopic (exact) mass is 398 g/mol. The van der Waals surface area contributed by atoms with Crippen LogP contribution in [0.4, 0.5) is 23.1 Å². The van der Waals surface area contributed by atoms with Gasteiger partial charge < -0.3 is 25.0 Å². The van der Waals surface area contributed by atoms with Crippen LogP contribution in [0.15, 0.2) is 30.3 Å². The zero-order valence-electron chi connectivity index (χ0n) is 17.1. The third-order valence-corrected chi connectivity index (χ3v) is 5.19. The second-order valence-electron chi connectivity index (χ2n) is 7.34. The molecule has 8 nitrogen and oxygen atoms in total. The van der Waals surface area contributed by atoms with Crippen molar-refractivity contribution in [3.63, 3.8) is 0 Å². The Hall–Kier alpha value is -2.42. The van der Waals surface area contributed by atoms with Crippen molar-refractivity contribution < 1.29 is 9.47 Å². The molecule has 1 aromatic heterocycles. The number of benzene rings is 1. The minimum Gasteiger partial charge on any atom is -0.379 e. The quantitative estimate of drug-likeness (QED) is 0.735. The van der Waals surface area contributed by atoms with Crippen molar-refractivity contribution in [2.75, 3.05) is 81.2 Å². The van der Waals surface area contributed by atoms with Crippen molar-refractivity contribution in [1.29, 1.82) is 0 Å². The molecular weight excluding hydrogens is 368 g/mol. The maximum Gasteiger partial charge on any atom is 0.229 e. The number of anilines is 4. The van der Waals surface area contributed by atoms with Crippen LogP contribution >= 0.6 is 0 Å². The largest absolute Gasteiger partial charge is 0.379 e. The lowest BCUT2D eigenvalue weighted by atomic mass is 10.2. The lowest BCUT2D eigenvalue weighted by Crippen LogP contribution is -2.39. The second kappa shape index (κ2) is 9.87. The molecule has 156 valence electrons. The Kier molecular flexibility index (Phi) is 6.76. The highest BCUT2D eigenvalue weighted by Crippen LogP contribution is 2.28. The van der Waals surface area contributed by atoms with Crippen LogP contribution in [0.1, 0.15) is 5.69 Å². The van der Waals surface area contributed by atoms with Crippen LogP contribution in [0.2, 0.25) is 0 Å². The van der Waals surface area contributed by atoms with Gasteiger partial charge in [-0.2, -0.15) is 4.98 Å². The molecule has 2 aliphatic rings. The predicted octanol–water partition coefficient (Wildman–Crippen LogP) is 2.11. The molecule has 2 aromatic rings. The number of morpholine rings is 2. The summed E-state index contributed by atoms with van der Waals surface area (Å²) in [5, 5.41) is 6.86. The molecule has 2 fully saturated rings. The highest BCUT2D eigenvalue weighted by Gasteiger charge is 2.15. The predicted molar refractivity (Wildman–Crippen MR) is 115 cm³/mol. The van der Waals surface area contributed by atoms with E-state index in [9.17, 15) is 0 Å². The number of nitrogens with one attached hydrogen (secondary N) is 2. The van der Waals surface area contributed by atoms with E-state index in [1.807, 2.05) is 19.1 Å². The first-order valence-electron chi connectivity index (χ1n) is 10.4. The Bertz CT molecular complexity index is 790. The third-order valence-electron chi connectivity index (χ3n) is 5.19. The fourth-order valence-corrected chi connectivity index (χ4v) is 3.66. The maximum absolute atomic E-state index is 5.49. The summed E-state index contributed by atoms with van der Waals surface area (Å²) in [6.07, 6.45) is 0. The number of rotatable bonds is 7. The average Bonchev–Trinajstić information content (AvgIpc) is 2.75. The van der Waals surface area contributed by atoms with Gasteiger partial charge in [0, 0.05) is 51.0 Å². The molecule has 0 radical (unpaired) electrons. The number of nitrogens with zero attached hydrogens (tertiary/aromatic N) is 4. The highest BCUT2D eigenvalue weighted by atomic mass is 16.5. The topological polar surface area (TPSA) is 74.8 Å². The van der Waals surface area contributed by atoms with Gasteiger partial charge in [0.05, 0.1) is 37.8 Å². The molecular formula is C21H30N6O2. The number of para-hydroxylation sites is 2. The molecule has 0 spiro atoms. The Morgan fingerprint density at radius 2 is 1.69 bits per heavy atom. The molecule has 4 rings (SSSR count). The fourth-order valence-electron chi connectivity index (χ4n) is 3.66. The van der Waals surface area contributed by atoms with Crippen molar-refractivity contribution >= 4 is 23.1 Å². The van der Waals surface area contributed by atoms with E-state index in [0.717, 1.165) is 88.6 Å². The number of hydrogen-bond acceptors (Lipinski definition) is 8. The maximum atomic E-state index is 5.49. The molecule has 0 bridgehead atoms. The SMILES string of the molecule is Cc1cc(NCCN2CCOCC2)nc(Nc2ccccc2N2CCOCC2)n1. The molecule has 1 aromatic carbocycles. The fraction of sp³-hybridized carbons (Fsp3) is 0.524. The minimum atomic E-state index is 0.611. The van der Waals surface area contributed by atoms with Crippen molar-refractivity contribution in [3.8, 4) is 0 Å². The van der Waals surface area contributed by atoms with E-state index in [1.165, 1.54) is 0 Å². The smallest absolute Gasteiger partial charge is 0.229 e. The van der Waals surface area contributed by atoms with Gasteiger partial charge in [-0.3, -0.25) is 4.90 Å². The molecule has 2 saturated heterocycles. The molecule has 0 amide bonds. The summed E-state index contributed by atoms with van der Waals surface area (Å²) >= 11 is 0. The summed E-state index contributed by atoms with van der Waals surface area (Å²) < 4.78 is 10.9. The summed E-state index contributed by atoms with van der Waals surface area (Å²) in [4.78, 5) is 14.0. The van der Waals surface area contributed by atoms with E-state index in [2.05, 4.69) is 48.6 Å². The lowest BCUT2D eigenvalue weighted by Gasteiger charge is -2.30. The van der Waals surface area contributed by atoms with E-state index in [1.54, 1.807) is 0 Å². The number of aryl methyl sites for hydroxylation is 1. The van der Waals surface area contributed by atoms with Crippen LogP contribution in [0.3, 0.4) is 0 Å². The Morgan fingerprint density at radius 3 is 2.48 bits per heavy atom.